The van der Waals surface area contributed by atoms with Crippen molar-refractivity contribution < 1.29 is 22.7 Å². The van der Waals surface area contributed by atoms with Gasteiger partial charge in [-0.3, -0.25) is 4.79 Å². The lowest BCUT2D eigenvalue weighted by atomic mass is 9.97. The Balaban J connectivity index is 1.28. The summed E-state index contributed by atoms with van der Waals surface area (Å²) in [4.78, 5) is 15.0. The van der Waals surface area contributed by atoms with Gasteiger partial charge in [-0.15, -0.1) is 0 Å². The van der Waals surface area contributed by atoms with Crippen LogP contribution in [0.3, 0.4) is 0 Å². The highest BCUT2D eigenvalue weighted by Gasteiger charge is 2.32. The molecule has 0 atom stereocenters. The van der Waals surface area contributed by atoms with Crippen LogP contribution in [0.1, 0.15) is 40.4 Å². The van der Waals surface area contributed by atoms with Crippen LogP contribution in [0.15, 0.2) is 66.4 Å². The Labute approximate surface area is 190 Å². The molecule has 0 saturated carbocycles. The molecule has 2 aliphatic heterocycles. The maximum absolute atomic E-state index is 13.3. The molecule has 5 rings (SSSR count). The molecule has 1 fully saturated rings. The summed E-state index contributed by atoms with van der Waals surface area (Å²) in [6.45, 7) is 2.42. The number of carbonyl (C=O) groups excluding carboxylic acids is 1. The molecule has 1 saturated heterocycles. The van der Waals surface area contributed by atoms with E-state index in [-0.39, 0.29) is 5.91 Å². The Bertz CT molecular complexity index is 1210. The maximum Gasteiger partial charge on any atom is 0.416 e. The third-order valence-electron chi connectivity index (χ3n) is 6.54. The first-order chi connectivity index (χ1) is 15.9. The third kappa shape index (κ3) is 4.42. The van der Waals surface area contributed by atoms with E-state index in [1.54, 1.807) is 11.0 Å². The summed E-state index contributed by atoms with van der Waals surface area (Å²) in [5, 5.41) is 1.08. The van der Waals surface area contributed by atoms with Gasteiger partial charge in [-0.25, -0.2) is 0 Å². The molecule has 1 aromatic heterocycles. The average molecular weight is 454 g/mol. The van der Waals surface area contributed by atoms with Crippen LogP contribution in [0.5, 0.6) is 0 Å². The molecular weight excluding hydrogens is 429 g/mol. The highest BCUT2D eigenvalue weighted by Crippen LogP contribution is 2.33. The third-order valence-corrected chi connectivity index (χ3v) is 6.54. The second kappa shape index (κ2) is 8.71. The van der Waals surface area contributed by atoms with Crippen LogP contribution in [-0.4, -0.2) is 41.7 Å². The molecule has 3 heterocycles. The molecule has 0 spiro atoms. The molecule has 4 nitrogen and oxygen atoms in total. The van der Waals surface area contributed by atoms with Crippen molar-refractivity contribution in [3.63, 3.8) is 0 Å². The summed E-state index contributed by atoms with van der Waals surface area (Å²) in [5.41, 5.74) is 2.36. The van der Waals surface area contributed by atoms with E-state index in [2.05, 4.69) is 10.6 Å². The lowest BCUT2D eigenvalue weighted by molar-refractivity contribution is -0.138. The van der Waals surface area contributed by atoms with Crippen molar-refractivity contribution in [2.45, 2.75) is 31.5 Å². The summed E-state index contributed by atoms with van der Waals surface area (Å²) in [6, 6.07) is 13.8. The number of amides is 1. The predicted octanol–water partition coefficient (Wildman–Crippen LogP) is 5.64. The van der Waals surface area contributed by atoms with Gasteiger partial charge in [0.1, 0.15) is 0 Å². The summed E-state index contributed by atoms with van der Waals surface area (Å²) >= 11 is 0. The minimum atomic E-state index is -4.36. The van der Waals surface area contributed by atoms with Crippen LogP contribution in [0.4, 0.5) is 13.2 Å². The van der Waals surface area contributed by atoms with E-state index in [0.717, 1.165) is 22.5 Å². The largest absolute Gasteiger partial charge is 0.416 e. The Morgan fingerprint density at radius 1 is 1.06 bits per heavy atom. The molecule has 0 radical (unpaired) electrons. The number of carbonyl (C=O) groups is 1. The van der Waals surface area contributed by atoms with Crippen molar-refractivity contribution in [1.82, 2.24) is 9.47 Å². The fourth-order valence-electron chi connectivity index (χ4n) is 4.64. The van der Waals surface area contributed by atoms with Crippen LogP contribution in [-0.2, 0) is 17.3 Å². The summed E-state index contributed by atoms with van der Waals surface area (Å²) in [6.07, 6.45) is 1.24. The number of ether oxygens (including phenoxy) is 1. The zero-order valence-electron chi connectivity index (χ0n) is 18.1. The van der Waals surface area contributed by atoms with Crippen molar-refractivity contribution in [2.75, 3.05) is 26.3 Å². The normalized spacial score (nSPS) is 17.2. The van der Waals surface area contributed by atoms with E-state index >= 15 is 0 Å². The molecule has 33 heavy (non-hydrogen) atoms. The second-order valence-electron chi connectivity index (χ2n) is 8.72. The molecule has 7 heteroatoms. The fraction of sp³-hybridized carbons (Fsp3) is 0.346. The molecule has 0 aliphatic carbocycles. The first kappa shape index (κ1) is 21.8. The van der Waals surface area contributed by atoms with Gasteiger partial charge >= 0.3 is 6.18 Å². The predicted molar refractivity (Wildman–Crippen MR) is 120 cm³/mol. The zero-order chi connectivity index (χ0) is 23.0. The topological polar surface area (TPSA) is 34.5 Å². The van der Waals surface area contributed by atoms with Gasteiger partial charge < -0.3 is 14.2 Å². The van der Waals surface area contributed by atoms with Gasteiger partial charge in [0.05, 0.1) is 24.8 Å². The van der Waals surface area contributed by atoms with Gasteiger partial charge in [0, 0.05) is 30.4 Å². The average Bonchev–Trinajstić information content (AvgIpc) is 3.18. The number of rotatable bonds is 5. The molecule has 0 unspecified atom stereocenters. The Morgan fingerprint density at radius 2 is 1.88 bits per heavy atom. The Morgan fingerprint density at radius 3 is 2.64 bits per heavy atom. The summed E-state index contributed by atoms with van der Waals surface area (Å²) in [5.74, 6) is -0.0456. The van der Waals surface area contributed by atoms with E-state index < -0.39 is 11.7 Å². The van der Waals surface area contributed by atoms with Crippen LogP contribution in [0.25, 0.3) is 10.9 Å². The smallest absolute Gasteiger partial charge is 0.377 e. The molecule has 1 amide bonds. The molecule has 172 valence electrons. The monoisotopic (exact) mass is 454 g/mol. The summed E-state index contributed by atoms with van der Waals surface area (Å²) in [7, 11) is 0. The number of benzene rings is 2. The quantitative estimate of drug-likeness (QED) is 0.468. The van der Waals surface area contributed by atoms with E-state index in [1.807, 2.05) is 30.5 Å². The Hall–Kier alpha value is -3.06. The zero-order valence-corrected chi connectivity index (χ0v) is 18.1. The van der Waals surface area contributed by atoms with Crippen LogP contribution in [0, 0.1) is 0 Å². The minimum absolute atomic E-state index is 0.0456. The first-order valence-corrected chi connectivity index (χ1v) is 11.2. The number of halogens is 3. The number of aryl methyl sites for hydroxylation is 1. The van der Waals surface area contributed by atoms with Gasteiger partial charge in [-0.1, -0.05) is 35.9 Å². The van der Waals surface area contributed by atoms with E-state index in [4.69, 9.17) is 4.74 Å². The van der Waals surface area contributed by atoms with Crippen LogP contribution >= 0.6 is 0 Å². The molecule has 3 aromatic rings. The summed E-state index contributed by atoms with van der Waals surface area (Å²) < 4.78 is 47.3. The van der Waals surface area contributed by atoms with Crippen LogP contribution in [0.2, 0.25) is 0 Å². The van der Waals surface area contributed by atoms with E-state index in [1.165, 1.54) is 12.1 Å². The van der Waals surface area contributed by atoms with Crippen LogP contribution < -0.4 is 0 Å². The van der Waals surface area contributed by atoms with E-state index in [0.29, 0.717) is 62.7 Å². The van der Waals surface area contributed by atoms with Gasteiger partial charge in [-0.05, 0) is 54.5 Å². The molecule has 0 bridgehead atoms. The van der Waals surface area contributed by atoms with Gasteiger partial charge in [0.2, 0.25) is 0 Å². The molecular formula is C26H25F3N2O2. The van der Waals surface area contributed by atoms with Gasteiger partial charge in [0.25, 0.3) is 5.91 Å². The van der Waals surface area contributed by atoms with Gasteiger partial charge in [0.15, 0.2) is 0 Å². The van der Waals surface area contributed by atoms with Crippen molar-refractivity contribution >= 4 is 16.8 Å². The number of aromatic nitrogens is 1. The minimum Gasteiger partial charge on any atom is -0.377 e. The van der Waals surface area contributed by atoms with Crippen molar-refractivity contribution in [1.29, 1.82) is 0 Å². The number of hydrogen-bond acceptors (Lipinski definition) is 2. The standard InChI is InChI=1S/C26H25F3N2O2/c27-26(28,29)23-6-2-1-5-19(23)8-7-18-4-3-12-30(15-18)25(32)21-10-9-20-11-13-31(24(20)14-21)22-16-33-17-22/h1-2,4-6,9-11,13-14,22H,3,7-8,12,15-17H2. The number of alkyl halides is 3. The first-order valence-electron chi connectivity index (χ1n) is 11.2. The number of nitrogens with zero attached hydrogens (tertiary/aromatic N) is 2. The van der Waals surface area contributed by atoms with Crippen molar-refractivity contribution in [3.8, 4) is 0 Å². The molecule has 2 aromatic carbocycles. The van der Waals surface area contributed by atoms with E-state index in [9.17, 15) is 18.0 Å². The number of hydrogen-bond donors (Lipinski definition) is 0. The SMILES string of the molecule is O=C(c1ccc2ccn(C3COC3)c2c1)N1CCC=C(CCc2ccccc2C(F)(F)F)C1. The lowest BCUT2D eigenvalue weighted by Gasteiger charge is -2.29. The second-order valence-corrected chi connectivity index (χ2v) is 8.72. The molecule has 2 aliphatic rings. The van der Waals surface area contributed by atoms with Crippen molar-refractivity contribution in [2.24, 2.45) is 0 Å². The fourth-order valence-corrected chi connectivity index (χ4v) is 4.64. The number of fused-ring (bicyclic) bond motifs is 1. The lowest BCUT2D eigenvalue weighted by Crippen LogP contribution is -2.36. The highest BCUT2D eigenvalue weighted by molar-refractivity contribution is 5.98. The molecule has 0 N–H and O–H groups in total. The van der Waals surface area contributed by atoms with Crippen molar-refractivity contribution in [3.05, 3.63) is 83.1 Å². The Kier molecular flexibility index (Phi) is 5.74. The highest BCUT2D eigenvalue weighted by atomic mass is 19.4. The maximum atomic E-state index is 13.3. The van der Waals surface area contributed by atoms with Gasteiger partial charge in [-0.2, -0.15) is 13.2 Å².